The van der Waals surface area contributed by atoms with Gasteiger partial charge >= 0.3 is 0 Å². The number of hydrogen-bond acceptors (Lipinski definition) is 0. The van der Waals surface area contributed by atoms with Crippen LogP contribution in [0.5, 0.6) is 0 Å². The van der Waals surface area contributed by atoms with E-state index in [2.05, 4.69) is 36.7 Å². The topological polar surface area (TPSA) is 0 Å². The largest absolute Gasteiger partial charge is 0.130 e. The number of fused-ring (bicyclic) bond motifs is 2. The predicted octanol–water partition coefficient (Wildman–Crippen LogP) is 2.75. The third-order valence-electron chi connectivity index (χ3n) is 1.61. The van der Waals surface area contributed by atoms with Crippen molar-refractivity contribution >= 4 is 11.6 Å². The van der Waals surface area contributed by atoms with Crippen LogP contribution in [0.15, 0.2) is 18.2 Å². The highest BCUT2D eigenvalue weighted by molar-refractivity contribution is 6.15. The van der Waals surface area contributed by atoms with E-state index >= 15 is 0 Å². The molecule has 0 aromatic heterocycles. The van der Waals surface area contributed by atoms with Crippen LogP contribution in [0, 0.1) is 6.92 Å². The molecule has 0 saturated carbocycles. The van der Waals surface area contributed by atoms with Gasteiger partial charge in [-0.15, -0.1) is 11.6 Å². The van der Waals surface area contributed by atoms with Crippen LogP contribution < -0.4 is 0 Å². The quantitative estimate of drug-likeness (QED) is 0.512. The third-order valence-corrected chi connectivity index (χ3v) is 1.61. The number of alkyl halides is 1. The van der Waals surface area contributed by atoms with Gasteiger partial charge in [0.15, 0.2) is 0 Å². The molecule has 2 aliphatic rings. The summed E-state index contributed by atoms with van der Waals surface area (Å²) in [7, 11) is 0. The zero-order valence-corrected chi connectivity index (χ0v) is 7.07. The van der Waals surface area contributed by atoms with E-state index in [1.54, 1.807) is 0 Å². The van der Waals surface area contributed by atoms with E-state index in [4.69, 9.17) is 0 Å². The van der Waals surface area contributed by atoms with Crippen LogP contribution in [0.1, 0.15) is 16.7 Å². The Labute approximate surface area is 66.8 Å². The highest BCUT2D eigenvalue weighted by Gasteiger charge is 2.07. The second-order valence-electron chi connectivity index (χ2n) is 2.50. The van der Waals surface area contributed by atoms with E-state index in [9.17, 15) is 0 Å². The predicted molar refractivity (Wildman–Crippen MR) is 45.8 cm³/mol. The van der Waals surface area contributed by atoms with Crippen LogP contribution in [-0.4, -0.2) is 6.38 Å². The molecule has 10 heavy (non-hydrogen) atoms. The standard InChI is InChI=1S/C8H8.CH3Cl/c1-6-2-7-4-8(3-6)5-7;1-2/h2-4H,5H2,1H3;1H3. The lowest BCUT2D eigenvalue weighted by atomic mass is 9.91. The minimum absolute atomic E-state index is 1.22. The Morgan fingerprint density at radius 1 is 1.10 bits per heavy atom. The Morgan fingerprint density at radius 3 is 1.70 bits per heavy atom. The van der Waals surface area contributed by atoms with Crippen LogP contribution >= 0.6 is 11.6 Å². The molecule has 2 bridgehead atoms. The fourth-order valence-corrected chi connectivity index (χ4v) is 1.26. The molecule has 0 saturated heterocycles. The minimum atomic E-state index is 1.22. The SMILES string of the molecule is CCl.Cc1cc2cc(c1)C2. The summed E-state index contributed by atoms with van der Waals surface area (Å²) >= 11 is 4.64. The highest BCUT2D eigenvalue weighted by Crippen LogP contribution is 2.22. The van der Waals surface area contributed by atoms with E-state index in [0.29, 0.717) is 0 Å². The van der Waals surface area contributed by atoms with Gasteiger partial charge in [-0.3, -0.25) is 0 Å². The summed E-state index contributed by atoms with van der Waals surface area (Å²) in [6.07, 6.45) is 2.69. The Kier molecular flexibility index (Phi) is 2.34. The molecule has 0 amide bonds. The summed E-state index contributed by atoms with van der Waals surface area (Å²) < 4.78 is 0. The van der Waals surface area contributed by atoms with Gasteiger partial charge in [0.25, 0.3) is 0 Å². The summed E-state index contributed by atoms with van der Waals surface area (Å²) in [5.41, 5.74) is 4.41. The molecule has 0 atom stereocenters. The molecule has 2 aliphatic carbocycles. The molecule has 0 unspecified atom stereocenters. The zero-order valence-electron chi connectivity index (χ0n) is 6.32. The van der Waals surface area contributed by atoms with Gasteiger partial charge < -0.3 is 0 Å². The van der Waals surface area contributed by atoms with Crippen LogP contribution in [0.4, 0.5) is 0 Å². The maximum Gasteiger partial charge on any atom is 0.0108 e. The molecular formula is C9H11Cl. The van der Waals surface area contributed by atoms with Crippen LogP contribution in [-0.2, 0) is 6.42 Å². The van der Waals surface area contributed by atoms with Gasteiger partial charge in [-0.05, 0) is 24.5 Å². The minimum Gasteiger partial charge on any atom is -0.130 e. The van der Waals surface area contributed by atoms with Crippen molar-refractivity contribution in [1.82, 2.24) is 0 Å². The summed E-state index contributed by atoms with van der Waals surface area (Å²) in [5.74, 6) is 0. The summed E-state index contributed by atoms with van der Waals surface area (Å²) in [4.78, 5) is 0. The Balaban J connectivity index is 0.000000231. The molecular weight excluding hydrogens is 144 g/mol. The Bertz CT molecular complexity index is 206. The molecule has 0 nitrogen and oxygen atoms in total. The maximum atomic E-state index is 4.64. The normalized spacial score (nSPS) is 11.1. The van der Waals surface area contributed by atoms with Gasteiger partial charge in [0.05, 0.1) is 0 Å². The van der Waals surface area contributed by atoms with Crippen molar-refractivity contribution in [3.05, 3.63) is 34.9 Å². The number of rotatable bonds is 0. The molecule has 54 valence electrons. The number of hydrogen-bond donors (Lipinski definition) is 0. The average molecular weight is 155 g/mol. The maximum absolute atomic E-state index is 4.64. The molecule has 1 aromatic rings. The lowest BCUT2D eigenvalue weighted by molar-refractivity contribution is 1.07. The number of benzene rings is 1. The first-order valence-corrected chi connectivity index (χ1v) is 4.07. The fourth-order valence-electron chi connectivity index (χ4n) is 1.26. The first-order valence-electron chi connectivity index (χ1n) is 3.32. The summed E-state index contributed by atoms with van der Waals surface area (Å²) in [6, 6.07) is 6.73. The summed E-state index contributed by atoms with van der Waals surface area (Å²) in [5, 5.41) is 0. The van der Waals surface area contributed by atoms with Crippen LogP contribution in [0.2, 0.25) is 0 Å². The van der Waals surface area contributed by atoms with Crippen molar-refractivity contribution in [3.63, 3.8) is 0 Å². The van der Waals surface area contributed by atoms with Gasteiger partial charge in [0.2, 0.25) is 0 Å². The highest BCUT2D eigenvalue weighted by atomic mass is 35.5. The van der Waals surface area contributed by atoms with E-state index < -0.39 is 0 Å². The molecule has 0 heterocycles. The molecule has 0 N–H and O–H groups in total. The van der Waals surface area contributed by atoms with Crippen molar-refractivity contribution in [1.29, 1.82) is 0 Å². The van der Waals surface area contributed by atoms with Gasteiger partial charge in [-0.1, -0.05) is 23.8 Å². The second kappa shape index (κ2) is 3.07. The Morgan fingerprint density at radius 2 is 1.50 bits per heavy atom. The van der Waals surface area contributed by atoms with E-state index in [-0.39, 0.29) is 0 Å². The third kappa shape index (κ3) is 1.32. The summed E-state index contributed by atoms with van der Waals surface area (Å²) in [6.45, 7) is 2.14. The van der Waals surface area contributed by atoms with Gasteiger partial charge in [0.1, 0.15) is 0 Å². The molecule has 0 radical (unpaired) electrons. The first kappa shape index (κ1) is 7.62. The fraction of sp³-hybridized carbons (Fsp3) is 0.333. The van der Waals surface area contributed by atoms with Crippen molar-refractivity contribution in [2.24, 2.45) is 0 Å². The number of aryl methyl sites for hydroxylation is 1. The molecule has 0 spiro atoms. The lowest BCUT2D eigenvalue weighted by Crippen LogP contribution is -2.00. The van der Waals surface area contributed by atoms with Crippen molar-refractivity contribution in [3.8, 4) is 0 Å². The van der Waals surface area contributed by atoms with Crippen LogP contribution in [0.25, 0.3) is 0 Å². The molecule has 0 fully saturated rings. The second-order valence-corrected chi connectivity index (χ2v) is 2.50. The van der Waals surface area contributed by atoms with E-state index in [1.807, 2.05) is 0 Å². The molecule has 0 aliphatic heterocycles. The van der Waals surface area contributed by atoms with Crippen molar-refractivity contribution in [2.75, 3.05) is 6.38 Å². The van der Waals surface area contributed by atoms with Gasteiger partial charge in [0, 0.05) is 6.38 Å². The van der Waals surface area contributed by atoms with Crippen LogP contribution in [0.3, 0.4) is 0 Å². The zero-order chi connectivity index (χ0) is 7.56. The number of halogens is 1. The average Bonchev–Trinajstić information content (AvgIpc) is 1.90. The monoisotopic (exact) mass is 154 g/mol. The molecule has 3 rings (SSSR count). The molecule has 1 heteroatoms. The van der Waals surface area contributed by atoms with Crippen molar-refractivity contribution in [2.45, 2.75) is 13.3 Å². The van der Waals surface area contributed by atoms with E-state index in [0.717, 1.165) is 0 Å². The van der Waals surface area contributed by atoms with Gasteiger partial charge in [-0.2, -0.15) is 0 Å². The van der Waals surface area contributed by atoms with Gasteiger partial charge in [-0.25, -0.2) is 0 Å². The molecule has 1 aromatic carbocycles. The van der Waals surface area contributed by atoms with E-state index in [1.165, 1.54) is 29.5 Å². The van der Waals surface area contributed by atoms with Crippen molar-refractivity contribution < 1.29 is 0 Å². The first-order chi connectivity index (χ1) is 4.84. The smallest absolute Gasteiger partial charge is 0.0108 e. The Hall–Kier alpha value is -0.490. The lowest BCUT2D eigenvalue weighted by Gasteiger charge is -2.14.